The van der Waals surface area contributed by atoms with Gasteiger partial charge in [-0.05, 0) is 56.8 Å². The number of tetrazole rings is 1. The smallest absolute Gasteiger partial charge is 0.191 e. The molecule has 1 aliphatic heterocycles. The average Bonchev–Trinajstić information content (AvgIpc) is 3.52. The zero-order valence-corrected chi connectivity index (χ0v) is 18.6. The Labute approximate surface area is 187 Å². The minimum Gasteiger partial charge on any atom is -0.364 e. The first kappa shape index (κ1) is 19.5. The summed E-state index contributed by atoms with van der Waals surface area (Å²) in [6.45, 7) is 0. The molecule has 1 aliphatic carbocycles. The highest BCUT2D eigenvalue weighted by Crippen LogP contribution is 2.55. The molecule has 2 aromatic heterocycles. The number of rotatable bonds is 5. The highest BCUT2D eigenvalue weighted by Gasteiger charge is 2.49. The zero-order chi connectivity index (χ0) is 21.7. The Morgan fingerprint density at radius 3 is 2.72 bits per heavy atom. The van der Waals surface area contributed by atoms with E-state index in [-0.39, 0.29) is 11.6 Å². The summed E-state index contributed by atoms with van der Waals surface area (Å²) in [7, 11) is 4.49. The van der Waals surface area contributed by atoms with Crippen molar-refractivity contribution in [3.8, 4) is 0 Å². The second kappa shape index (κ2) is 7.45. The third kappa shape index (κ3) is 2.88. The number of aromatic nitrogens is 5. The van der Waals surface area contributed by atoms with E-state index in [1.54, 1.807) is 0 Å². The molecule has 3 heterocycles. The fourth-order valence-corrected chi connectivity index (χ4v) is 6.10. The maximum Gasteiger partial charge on any atom is 0.191 e. The van der Waals surface area contributed by atoms with Gasteiger partial charge in [0, 0.05) is 41.4 Å². The minimum atomic E-state index is 0.0819. The van der Waals surface area contributed by atoms with E-state index >= 15 is 0 Å². The molecule has 6 rings (SSSR count). The lowest BCUT2D eigenvalue weighted by Crippen LogP contribution is -2.56. The van der Waals surface area contributed by atoms with Crippen LogP contribution in [-0.4, -0.2) is 50.6 Å². The highest BCUT2D eigenvalue weighted by atomic mass is 15.5. The highest BCUT2D eigenvalue weighted by molar-refractivity contribution is 5.83. The summed E-state index contributed by atoms with van der Waals surface area (Å²) in [4.78, 5) is 8.40. The van der Waals surface area contributed by atoms with Crippen LogP contribution in [0, 0.1) is 0 Å². The topological polar surface area (TPSA) is 76.7 Å². The molecule has 1 fully saturated rings. The molecule has 0 bridgehead atoms. The number of nitrogens with zero attached hydrogens (tertiary/aromatic N) is 5. The molecule has 2 aliphatic rings. The van der Waals surface area contributed by atoms with Crippen LogP contribution in [0.5, 0.6) is 0 Å². The van der Waals surface area contributed by atoms with Crippen molar-refractivity contribution < 1.29 is 0 Å². The Morgan fingerprint density at radius 2 is 1.91 bits per heavy atom. The third-order valence-corrected chi connectivity index (χ3v) is 8.01. The van der Waals surface area contributed by atoms with Gasteiger partial charge in [-0.15, -0.1) is 10.2 Å². The fourth-order valence-electron chi connectivity index (χ4n) is 6.10. The van der Waals surface area contributed by atoms with Crippen molar-refractivity contribution >= 4 is 16.6 Å². The number of para-hydroxylation sites is 2. The first-order chi connectivity index (χ1) is 15.7. The summed E-state index contributed by atoms with van der Waals surface area (Å²) in [5.74, 6) is 0.768. The zero-order valence-electron chi connectivity index (χ0n) is 18.6. The van der Waals surface area contributed by atoms with Crippen molar-refractivity contribution in [3.05, 3.63) is 71.7 Å². The number of benzene rings is 2. The minimum absolute atomic E-state index is 0.0819. The molecule has 2 aromatic carbocycles. The molecule has 1 spiro atoms. The van der Waals surface area contributed by atoms with E-state index in [1.165, 1.54) is 40.6 Å². The number of H-pyrrole nitrogens is 2. The molecule has 7 nitrogen and oxygen atoms in total. The Kier molecular flexibility index (Phi) is 4.54. The van der Waals surface area contributed by atoms with Crippen LogP contribution in [0.15, 0.2) is 54.7 Å². The molecule has 4 aromatic rings. The lowest BCUT2D eigenvalue weighted by Gasteiger charge is -2.57. The van der Waals surface area contributed by atoms with E-state index in [1.807, 2.05) is 0 Å². The van der Waals surface area contributed by atoms with Gasteiger partial charge in [0.1, 0.15) is 0 Å². The van der Waals surface area contributed by atoms with Gasteiger partial charge in [0.05, 0.1) is 11.6 Å². The summed E-state index contributed by atoms with van der Waals surface area (Å²) in [5.41, 5.74) is 5.60. The monoisotopic (exact) mass is 427 g/mol. The van der Waals surface area contributed by atoms with E-state index in [0.29, 0.717) is 6.04 Å². The fraction of sp³-hybridized carbons (Fsp3) is 0.400. The van der Waals surface area contributed by atoms with Crippen molar-refractivity contribution in [2.24, 2.45) is 0 Å². The van der Waals surface area contributed by atoms with E-state index in [4.69, 9.17) is 0 Å². The van der Waals surface area contributed by atoms with Crippen molar-refractivity contribution in [2.75, 3.05) is 19.0 Å². The van der Waals surface area contributed by atoms with E-state index in [0.717, 1.165) is 25.1 Å². The van der Waals surface area contributed by atoms with Crippen LogP contribution in [0.1, 0.15) is 48.7 Å². The lowest BCUT2D eigenvalue weighted by molar-refractivity contribution is 0.0984. The average molecular weight is 428 g/mol. The molecule has 0 amide bonds. The van der Waals surface area contributed by atoms with Gasteiger partial charge in [-0.1, -0.05) is 41.6 Å². The quantitative estimate of drug-likeness (QED) is 0.500. The Balaban J connectivity index is 1.23. The van der Waals surface area contributed by atoms with Gasteiger partial charge in [0.25, 0.3) is 0 Å². The van der Waals surface area contributed by atoms with Crippen molar-refractivity contribution in [1.82, 2.24) is 30.5 Å². The summed E-state index contributed by atoms with van der Waals surface area (Å²) < 4.78 is 0. The second-order valence-electron chi connectivity index (χ2n) is 9.35. The van der Waals surface area contributed by atoms with Crippen molar-refractivity contribution in [3.63, 3.8) is 0 Å². The summed E-state index contributed by atoms with van der Waals surface area (Å²) in [5, 5.41) is 16.6. The maximum absolute atomic E-state index is 4.38. The number of hydrogen-bond acceptors (Lipinski definition) is 5. The van der Waals surface area contributed by atoms with Crippen LogP contribution in [0.25, 0.3) is 10.9 Å². The molecule has 164 valence electrons. The lowest BCUT2D eigenvalue weighted by atomic mass is 9.68. The predicted octanol–water partition coefficient (Wildman–Crippen LogP) is 4.18. The SMILES string of the molecule is CN(C1CCC2(CC1)c1ccccc1N2C)C(Cc1c[nH]c2ccccc12)c1nn[nH]n1. The largest absolute Gasteiger partial charge is 0.364 e. The van der Waals surface area contributed by atoms with Crippen LogP contribution in [0.3, 0.4) is 0 Å². The van der Waals surface area contributed by atoms with Crippen LogP contribution in [-0.2, 0) is 12.0 Å². The predicted molar refractivity (Wildman–Crippen MR) is 125 cm³/mol. The maximum atomic E-state index is 4.38. The number of likely N-dealkylation sites (N-methyl/N-ethyl adjacent to an activating group) is 1. The first-order valence-corrected chi connectivity index (χ1v) is 11.5. The van der Waals surface area contributed by atoms with Gasteiger partial charge < -0.3 is 9.88 Å². The molecule has 1 atom stereocenters. The number of anilines is 1. The molecule has 32 heavy (non-hydrogen) atoms. The van der Waals surface area contributed by atoms with E-state index < -0.39 is 0 Å². The molecular formula is C25H29N7. The Bertz CT molecular complexity index is 1220. The van der Waals surface area contributed by atoms with Crippen LogP contribution in [0.4, 0.5) is 5.69 Å². The third-order valence-electron chi connectivity index (χ3n) is 8.01. The van der Waals surface area contributed by atoms with Crippen molar-refractivity contribution in [1.29, 1.82) is 0 Å². The van der Waals surface area contributed by atoms with E-state index in [2.05, 4.69) is 104 Å². The standard InChI is InChI=1S/C25H29N7/c1-31(18-11-13-25(14-12-18)20-8-4-6-10-22(20)32(25)2)23(24-27-29-30-28-24)15-17-16-26-21-9-5-3-7-19(17)21/h3-10,16,18,23,26H,11-15H2,1-2H3,(H,27,28,29,30). The molecule has 7 heteroatoms. The van der Waals surface area contributed by atoms with Gasteiger partial charge in [-0.3, -0.25) is 4.90 Å². The molecule has 0 radical (unpaired) electrons. The Morgan fingerprint density at radius 1 is 1.12 bits per heavy atom. The number of aromatic amines is 2. The molecule has 1 saturated carbocycles. The molecular weight excluding hydrogens is 398 g/mol. The normalized spacial score (nSPS) is 23.5. The molecule has 1 unspecified atom stereocenters. The summed E-state index contributed by atoms with van der Waals surface area (Å²) in [6.07, 6.45) is 7.67. The summed E-state index contributed by atoms with van der Waals surface area (Å²) in [6, 6.07) is 17.9. The Hall–Kier alpha value is -3.19. The van der Waals surface area contributed by atoms with Crippen LogP contribution < -0.4 is 4.90 Å². The van der Waals surface area contributed by atoms with Gasteiger partial charge in [-0.2, -0.15) is 5.21 Å². The van der Waals surface area contributed by atoms with Crippen LogP contribution >= 0.6 is 0 Å². The van der Waals surface area contributed by atoms with Crippen molar-refractivity contribution in [2.45, 2.75) is 49.7 Å². The van der Waals surface area contributed by atoms with E-state index in [9.17, 15) is 0 Å². The van der Waals surface area contributed by atoms with Gasteiger partial charge in [0.2, 0.25) is 0 Å². The second-order valence-corrected chi connectivity index (χ2v) is 9.35. The molecule has 0 saturated heterocycles. The van der Waals surface area contributed by atoms with Gasteiger partial charge in [-0.25, -0.2) is 0 Å². The summed E-state index contributed by atoms with van der Waals surface area (Å²) >= 11 is 0. The number of fused-ring (bicyclic) bond motifs is 3. The number of nitrogens with one attached hydrogen (secondary N) is 2. The first-order valence-electron chi connectivity index (χ1n) is 11.5. The van der Waals surface area contributed by atoms with Gasteiger partial charge >= 0.3 is 0 Å². The van der Waals surface area contributed by atoms with Crippen LogP contribution in [0.2, 0.25) is 0 Å². The molecule has 2 N–H and O–H groups in total. The number of hydrogen-bond donors (Lipinski definition) is 2. The van der Waals surface area contributed by atoms with Gasteiger partial charge in [0.15, 0.2) is 5.82 Å².